The first-order chi connectivity index (χ1) is 44.6. The van der Waals surface area contributed by atoms with Crippen molar-refractivity contribution in [2.24, 2.45) is 0 Å². The number of ether oxygens (including phenoxy) is 4. The monoisotopic (exact) mass is 1290 g/mol. The van der Waals surface area contributed by atoms with Crippen LogP contribution in [-0.4, -0.2) is 140 Å². The number of aliphatic hydroxyl groups excluding tert-OH is 8. The fourth-order valence-electron chi connectivity index (χ4n) is 12.2. The Morgan fingerprint density at radius 3 is 1.16 bits per heavy atom. The van der Waals surface area contributed by atoms with Gasteiger partial charge in [0, 0.05) is 6.42 Å². The third-order valence-electron chi connectivity index (χ3n) is 18.2. The van der Waals surface area contributed by atoms with Gasteiger partial charge in [-0.2, -0.15) is 0 Å². The maximum atomic E-state index is 13.4. The Morgan fingerprint density at radius 1 is 0.407 bits per heavy atom. The standard InChI is InChI=1S/C77H139NO13/c1-3-5-7-9-11-13-15-17-19-21-23-25-26-27-28-29-30-31-32-33-34-35-36-37-38-39-40-41-43-45-47-49-51-53-55-57-59-61-69(82)78-65(66(81)60-58-56-54-52-50-48-46-44-42-24-22-20-18-16-14-12-10-8-6-4-2)64-88-76-74(87)72(85)75(68(63-80)90-76)91-77-73(86)71(84)70(83)67(62-79)89-77/h5,7,11,13,17,19,23,25,27-28,30-31,65-68,70-77,79-81,83-87H,3-4,6,8-10,12,14-16,18,20-22,24,26,29,32-64H2,1-2H3,(H,78,82)/b7-5-,13-11-,19-17-,25-23-,28-27-,31-30-. The van der Waals surface area contributed by atoms with Crippen LogP contribution in [0.25, 0.3) is 0 Å². The summed E-state index contributed by atoms with van der Waals surface area (Å²) in [6, 6.07) is -0.831. The number of aliphatic hydroxyl groups is 8. The summed E-state index contributed by atoms with van der Waals surface area (Å²) < 4.78 is 22.9. The lowest BCUT2D eigenvalue weighted by atomic mass is 9.97. The lowest BCUT2D eigenvalue weighted by molar-refractivity contribution is -0.359. The first kappa shape index (κ1) is 84.5. The highest BCUT2D eigenvalue weighted by molar-refractivity contribution is 5.76. The molecule has 0 bridgehead atoms. The zero-order valence-electron chi connectivity index (χ0n) is 57.8. The van der Waals surface area contributed by atoms with E-state index in [9.17, 15) is 45.6 Å². The van der Waals surface area contributed by atoms with Gasteiger partial charge in [0.05, 0.1) is 32.0 Å². The van der Waals surface area contributed by atoms with Gasteiger partial charge in [0.15, 0.2) is 12.6 Å². The fourth-order valence-corrected chi connectivity index (χ4v) is 12.2. The van der Waals surface area contributed by atoms with Gasteiger partial charge in [-0.25, -0.2) is 0 Å². The average molecular weight is 1290 g/mol. The highest BCUT2D eigenvalue weighted by Gasteiger charge is 2.51. The second-order valence-electron chi connectivity index (χ2n) is 26.4. The van der Waals surface area contributed by atoms with E-state index in [4.69, 9.17) is 18.9 Å². The minimum absolute atomic E-state index is 0.203. The third-order valence-corrected chi connectivity index (χ3v) is 18.2. The van der Waals surface area contributed by atoms with E-state index in [1.165, 1.54) is 199 Å². The first-order valence-electron chi connectivity index (χ1n) is 37.7. The number of nitrogens with one attached hydrogen (secondary N) is 1. The largest absolute Gasteiger partial charge is 0.394 e. The van der Waals surface area contributed by atoms with E-state index in [0.29, 0.717) is 12.8 Å². The molecular formula is C77H139NO13. The molecule has 12 unspecified atom stereocenters. The number of rotatable bonds is 62. The van der Waals surface area contributed by atoms with Crippen LogP contribution >= 0.6 is 0 Å². The molecule has 0 aliphatic carbocycles. The molecule has 12 atom stereocenters. The molecule has 0 aromatic rings. The molecule has 530 valence electrons. The quantitative estimate of drug-likeness (QED) is 0.0204. The van der Waals surface area contributed by atoms with Crippen LogP contribution in [0.3, 0.4) is 0 Å². The second kappa shape index (κ2) is 61.1. The normalized spacial score (nSPS) is 23.2. The zero-order chi connectivity index (χ0) is 65.9. The van der Waals surface area contributed by atoms with Crippen LogP contribution in [-0.2, 0) is 23.7 Å². The van der Waals surface area contributed by atoms with Gasteiger partial charge in [0.2, 0.25) is 5.91 Å². The summed E-state index contributed by atoms with van der Waals surface area (Å²) in [6.45, 7) is 2.79. The van der Waals surface area contributed by atoms with Gasteiger partial charge >= 0.3 is 0 Å². The van der Waals surface area contributed by atoms with E-state index >= 15 is 0 Å². The fraction of sp³-hybridized carbons (Fsp3) is 0.831. The molecule has 0 radical (unpaired) electrons. The Bertz CT molecular complexity index is 1800. The van der Waals surface area contributed by atoms with Gasteiger partial charge in [-0.3, -0.25) is 4.79 Å². The van der Waals surface area contributed by atoms with E-state index < -0.39 is 86.8 Å². The van der Waals surface area contributed by atoms with E-state index in [0.717, 1.165) is 89.9 Å². The molecule has 2 fully saturated rings. The van der Waals surface area contributed by atoms with Crippen LogP contribution in [0.15, 0.2) is 72.9 Å². The van der Waals surface area contributed by atoms with Crippen molar-refractivity contribution in [1.82, 2.24) is 5.32 Å². The van der Waals surface area contributed by atoms with Gasteiger partial charge in [-0.1, -0.05) is 318 Å². The molecule has 91 heavy (non-hydrogen) atoms. The maximum Gasteiger partial charge on any atom is 0.220 e. The Morgan fingerprint density at radius 2 is 0.758 bits per heavy atom. The average Bonchev–Trinajstić information content (AvgIpc) is 1.04. The summed E-state index contributed by atoms with van der Waals surface area (Å²) in [5, 5.41) is 87.7. The lowest BCUT2D eigenvalue weighted by Crippen LogP contribution is -2.65. The van der Waals surface area contributed by atoms with E-state index in [2.05, 4.69) is 92.1 Å². The van der Waals surface area contributed by atoms with Gasteiger partial charge in [0.1, 0.15) is 48.8 Å². The van der Waals surface area contributed by atoms with Crippen LogP contribution in [0.4, 0.5) is 0 Å². The summed E-state index contributed by atoms with van der Waals surface area (Å²) in [6.07, 6.45) is 66.4. The molecule has 2 heterocycles. The van der Waals surface area contributed by atoms with Gasteiger partial charge in [0.25, 0.3) is 0 Å². The molecule has 0 aromatic carbocycles. The van der Waals surface area contributed by atoms with Crippen LogP contribution in [0.5, 0.6) is 0 Å². The predicted molar refractivity (Wildman–Crippen MR) is 373 cm³/mol. The Kier molecular flexibility index (Phi) is 56.7. The summed E-state index contributed by atoms with van der Waals surface area (Å²) in [4.78, 5) is 13.4. The van der Waals surface area contributed by atoms with Gasteiger partial charge in [-0.05, 0) is 64.2 Å². The minimum atomic E-state index is -1.78. The van der Waals surface area contributed by atoms with Crippen LogP contribution in [0.1, 0.15) is 316 Å². The number of amides is 1. The molecule has 0 aromatic heterocycles. The number of allylic oxidation sites excluding steroid dienone is 12. The SMILES string of the molecule is CC/C=C\C/C=C\C/C=C\C/C=C\C/C=C\C/C=C\CCCCCCCCCCCCCCCCCCCCC(=O)NC(COC1OC(CO)C(OC2OC(CO)C(O)C(O)C2O)C(O)C1O)C(O)CCCCCCCCCCCCCCCCCCCCCC. The molecule has 14 heteroatoms. The van der Waals surface area contributed by atoms with E-state index in [-0.39, 0.29) is 12.5 Å². The van der Waals surface area contributed by atoms with Crippen molar-refractivity contribution in [2.75, 3.05) is 19.8 Å². The number of unbranched alkanes of at least 4 members (excludes halogenated alkanes) is 37. The van der Waals surface area contributed by atoms with Crippen LogP contribution in [0, 0.1) is 0 Å². The van der Waals surface area contributed by atoms with Crippen molar-refractivity contribution >= 4 is 5.91 Å². The Hall–Kier alpha value is -2.57. The first-order valence-corrected chi connectivity index (χ1v) is 37.7. The van der Waals surface area contributed by atoms with E-state index in [1.807, 2.05) is 0 Å². The number of hydrogen-bond acceptors (Lipinski definition) is 13. The summed E-state index contributed by atoms with van der Waals surface area (Å²) in [5.41, 5.74) is 0. The smallest absolute Gasteiger partial charge is 0.220 e. The number of hydrogen-bond donors (Lipinski definition) is 9. The lowest BCUT2D eigenvalue weighted by Gasteiger charge is -2.46. The highest BCUT2D eigenvalue weighted by Crippen LogP contribution is 2.30. The number of carbonyl (C=O) groups is 1. The molecule has 0 saturated carbocycles. The highest BCUT2D eigenvalue weighted by atomic mass is 16.7. The van der Waals surface area contributed by atoms with Gasteiger partial charge in [-0.15, -0.1) is 0 Å². The van der Waals surface area contributed by atoms with Crippen molar-refractivity contribution in [3.63, 3.8) is 0 Å². The molecule has 2 rings (SSSR count). The Labute approximate surface area is 555 Å². The summed E-state index contributed by atoms with van der Waals surface area (Å²) in [5.74, 6) is -0.203. The molecule has 0 spiro atoms. The van der Waals surface area contributed by atoms with Crippen LogP contribution < -0.4 is 5.32 Å². The zero-order valence-corrected chi connectivity index (χ0v) is 57.8. The van der Waals surface area contributed by atoms with Gasteiger partial charge < -0.3 is 65.1 Å². The van der Waals surface area contributed by atoms with Crippen molar-refractivity contribution in [2.45, 2.75) is 389 Å². The van der Waals surface area contributed by atoms with E-state index in [1.54, 1.807) is 0 Å². The Balaban J connectivity index is 1.60. The van der Waals surface area contributed by atoms with Crippen LogP contribution in [0.2, 0.25) is 0 Å². The maximum absolute atomic E-state index is 13.4. The molecule has 2 saturated heterocycles. The predicted octanol–water partition coefficient (Wildman–Crippen LogP) is 16.2. The molecule has 2 aliphatic heterocycles. The summed E-state index contributed by atoms with van der Waals surface area (Å²) in [7, 11) is 0. The minimum Gasteiger partial charge on any atom is -0.394 e. The molecule has 14 nitrogen and oxygen atoms in total. The third kappa shape index (κ3) is 44.7. The molecular weight excluding hydrogens is 1150 g/mol. The van der Waals surface area contributed by atoms with Crippen molar-refractivity contribution in [1.29, 1.82) is 0 Å². The molecule has 9 N–H and O–H groups in total. The molecule has 1 amide bonds. The second-order valence-corrected chi connectivity index (χ2v) is 26.4. The topological polar surface area (TPSA) is 228 Å². The van der Waals surface area contributed by atoms with Crippen molar-refractivity contribution < 1.29 is 64.6 Å². The summed E-state index contributed by atoms with van der Waals surface area (Å²) >= 11 is 0. The molecule has 2 aliphatic rings. The van der Waals surface area contributed by atoms with Crippen molar-refractivity contribution in [3.05, 3.63) is 72.9 Å². The van der Waals surface area contributed by atoms with Crippen molar-refractivity contribution in [3.8, 4) is 0 Å². The number of carbonyl (C=O) groups excluding carboxylic acids is 1.